The molecule has 0 bridgehead atoms. The summed E-state index contributed by atoms with van der Waals surface area (Å²) in [5.41, 5.74) is 0.429. The first-order chi connectivity index (χ1) is 7.43. The average molecular weight is 282 g/mol. The second-order valence-electron chi connectivity index (χ2n) is 2.82. The van der Waals surface area contributed by atoms with Crippen molar-refractivity contribution in [2.75, 3.05) is 7.11 Å². The van der Waals surface area contributed by atoms with Crippen LogP contribution in [-0.4, -0.2) is 30.5 Å². The van der Waals surface area contributed by atoms with Crippen LogP contribution in [-0.2, 0) is 9.05 Å². The molecule has 16 heavy (non-hydrogen) atoms. The Kier molecular flexibility index (Phi) is 2.69. The van der Waals surface area contributed by atoms with Crippen molar-refractivity contribution >= 4 is 42.4 Å². The Hall–Kier alpha value is -1.05. The molecule has 0 fully saturated rings. The van der Waals surface area contributed by atoms with Gasteiger partial charge in [0, 0.05) is 16.9 Å². The molecule has 2 rings (SSSR count). The number of halogens is 2. The van der Waals surface area contributed by atoms with Crippen LogP contribution in [0.15, 0.2) is 11.1 Å². The molecule has 0 aromatic carbocycles. The molecular weight excluding hydrogens is 277 g/mol. The van der Waals surface area contributed by atoms with E-state index < -0.39 is 9.05 Å². The van der Waals surface area contributed by atoms with E-state index in [4.69, 9.17) is 27.0 Å². The molecule has 6 nitrogen and oxygen atoms in total. The van der Waals surface area contributed by atoms with E-state index in [0.29, 0.717) is 5.52 Å². The second-order valence-corrected chi connectivity index (χ2v) is 5.69. The Labute approximate surface area is 100.0 Å². The number of H-pyrrole nitrogens is 1. The first kappa shape index (κ1) is 11.4. The van der Waals surface area contributed by atoms with Gasteiger partial charge in [0.25, 0.3) is 9.05 Å². The third kappa shape index (κ3) is 1.81. The third-order valence-corrected chi connectivity index (χ3v) is 3.39. The lowest BCUT2D eigenvalue weighted by molar-refractivity contribution is 0.402. The highest BCUT2D eigenvalue weighted by Crippen LogP contribution is 2.29. The van der Waals surface area contributed by atoms with E-state index in [1.807, 2.05) is 0 Å². The largest absolute Gasteiger partial charge is 0.479 e. The topological polar surface area (TPSA) is 84.9 Å². The predicted octanol–water partition coefficient (Wildman–Crippen LogP) is 1.55. The zero-order valence-electron chi connectivity index (χ0n) is 7.86. The van der Waals surface area contributed by atoms with Crippen LogP contribution in [0.1, 0.15) is 0 Å². The average Bonchev–Trinajstić information content (AvgIpc) is 2.58. The summed E-state index contributed by atoms with van der Waals surface area (Å²) < 4.78 is 27.4. The minimum atomic E-state index is -3.89. The van der Waals surface area contributed by atoms with Crippen molar-refractivity contribution in [3.63, 3.8) is 0 Å². The standard InChI is InChI=1S/C7H5Cl2N3O3S/c1-15-6-5-4(11-7(8)12-6)3(2-10-5)16(9,13)14/h2,10H,1H3. The maximum Gasteiger partial charge on any atom is 0.264 e. The summed E-state index contributed by atoms with van der Waals surface area (Å²) in [6.45, 7) is 0. The molecule has 9 heteroatoms. The fourth-order valence-corrected chi connectivity index (χ4v) is 2.35. The van der Waals surface area contributed by atoms with Crippen molar-refractivity contribution in [1.29, 1.82) is 0 Å². The van der Waals surface area contributed by atoms with Gasteiger partial charge in [0.15, 0.2) is 0 Å². The van der Waals surface area contributed by atoms with Crippen LogP contribution >= 0.6 is 22.3 Å². The van der Waals surface area contributed by atoms with E-state index in [9.17, 15) is 8.42 Å². The number of hydrogen-bond donors (Lipinski definition) is 1. The number of nitrogens with zero attached hydrogens (tertiary/aromatic N) is 2. The van der Waals surface area contributed by atoms with Gasteiger partial charge in [-0.15, -0.1) is 0 Å². The normalized spacial score (nSPS) is 11.9. The van der Waals surface area contributed by atoms with E-state index in [1.54, 1.807) is 0 Å². The van der Waals surface area contributed by atoms with Crippen molar-refractivity contribution < 1.29 is 13.2 Å². The lowest BCUT2D eigenvalue weighted by atomic mass is 10.4. The molecule has 2 heterocycles. The van der Waals surface area contributed by atoms with Gasteiger partial charge < -0.3 is 9.72 Å². The molecular formula is C7H5Cl2N3O3S. The minimum absolute atomic E-state index is 0.104. The summed E-state index contributed by atoms with van der Waals surface area (Å²) in [4.78, 5) is 10.1. The lowest BCUT2D eigenvalue weighted by Gasteiger charge is -2.00. The van der Waals surface area contributed by atoms with Crippen molar-refractivity contribution in [2.45, 2.75) is 4.90 Å². The molecule has 86 valence electrons. The van der Waals surface area contributed by atoms with Gasteiger partial charge in [-0.25, -0.2) is 13.4 Å². The van der Waals surface area contributed by atoms with E-state index >= 15 is 0 Å². The second kappa shape index (κ2) is 3.76. The highest BCUT2D eigenvalue weighted by molar-refractivity contribution is 8.14. The molecule has 0 aliphatic rings. The molecule has 0 saturated carbocycles. The van der Waals surface area contributed by atoms with Crippen LogP contribution in [0.4, 0.5) is 0 Å². The maximum absolute atomic E-state index is 11.2. The fraction of sp³-hybridized carbons (Fsp3) is 0.143. The lowest BCUT2D eigenvalue weighted by Crippen LogP contribution is -1.94. The van der Waals surface area contributed by atoms with Crippen LogP contribution in [0.25, 0.3) is 11.0 Å². The highest BCUT2D eigenvalue weighted by Gasteiger charge is 2.20. The Bertz CT molecular complexity index is 652. The summed E-state index contributed by atoms with van der Waals surface area (Å²) in [5.74, 6) is 0.154. The van der Waals surface area contributed by atoms with Crippen molar-refractivity contribution in [2.24, 2.45) is 0 Å². The minimum Gasteiger partial charge on any atom is -0.479 e. The van der Waals surface area contributed by atoms with Gasteiger partial charge in [-0.05, 0) is 11.6 Å². The smallest absolute Gasteiger partial charge is 0.264 e. The van der Waals surface area contributed by atoms with E-state index in [-0.39, 0.29) is 21.6 Å². The maximum atomic E-state index is 11.2. The Morgan fingerprint density at radius 3 is 2.69 bits per heavy atom. The van der Waals surface area contributed by atoms with Crippen LogP contribution in [0, 0.1) is 0 Å². The quantitative estimate of drug-likeness (QED) is 0.667. The van der Waals surface area contributed by atoms with Crippen LogP contribution < -0.4 is 4.74 Å². The Balaban J connectivity index is 2.88. The molecule has 0 aliphatic heterocycles. The van der Waals surface area contributed by atoms with Crippen LogP contribution in [0.2, 0.25) is 5.28 Å². The summed E-state index contributed by atoms with van der Waals surface area (Å²) >= 11 is 5.63. The number of ether oxygens (including phenoxy) is 1. The third-order valence-electron chi connectivity index (χ3n) is 1.89. The first-order valence-electron chi connectivity index (χ1n) is 3.96. The zero-order chi connectivity index (χ0) is 11.9. The molecule has 0 spiro atoms. The number of hydrogen-bond acceptors (Lipinski definition) is 5. The first-order valence-corrected chi connectivity index (χ1v) is 6.65. The van der Waals surface area contributed by atoms with E-state index in [2.05, 4.69) is 15.0 Å². The Morgan fingerprint density at radius 1 is 1.44 bits per heavy atom. The van der Waals surface area contributed by atoms with Crippen molar-refractivity contribution in [3.05, 3.63) is 11.5 Å². The van der Waals surface area contributed by atoms with Gasteiger partial charge in [0.2, 0.25) is 11.2 Å². The highest BCUT2D eigenvalue weighted by atomic mass is 35.7. The molecule has 0 unspecified atom stereocenters. The molecule has 0 aliphatic carbocycles. The molecule has 0 radical (unpaired) electrons. The monoisotopic (exact) mass is 281 g/mol. The number of aromatic amines is 1. The van der Waals surface area contributed by atoms with Crippen LogP contribution in [0.5, 0.6) is 5.88 Å². The van der Waals surface area contributed by atoms with Gasteiger partial charge >= 0.3 is 0 Å². The summed E-state index contributed by atoms with van der Waals surface area (Å²) in [7, 11) is 2.73. The summed E-state index contributed by atoms with van der Waals surface area (Å²) in [5, 5.41) is -0.120. The summed E-state index contributed by atoms with van der Waals surface area (Å²) in [6, 6.07) is 0. The van der Waals surface area contributed by atoms with E-state index in [1.165, 1.54) is 13.3 Å². The Morgan fingerprint density at radius 2 is 2.12 bits per heavy atom. The van der Waals surface area contributed by atoms with Gasteiger partial charge in [-0.2, -0.15) is 4.98 Å². The van der Waals surface area contributed by atoms with Crippen molar-refractivity contribution in [1.82, 2.24) is 15.0 Å². The molecule has 2 aromatic heterocycles. The van der Waals surface area contributed by atoms with Crippen LogP contribution in [0.3, 0.4) is 0 Å². The zero-order valence-corrected chi connectivity index (χ0v) is 10.2. The predicted molar refractivity (Wildman–Crippen MR) is 58.5 cm³/mol. The van der Waals surface area contributed by atoms with Gasteiger partial charge in [-0.1, -0.05) is 0 Å². The molecule has 2 aromatic rings. The summed E-state index contributed by atoms with van der Waals surface area (Å²) in [6.07, 6.45) is 1.21. The molecule has 0 saturated heterocycles. The molecule has 0 atom stereocenters. The van der Waals surface area contributed by atoms with Crippen molar-refractivity contribution in [3.8, 4) is 5.88 Å². The van der Waals surface area contributed by atoms with Gasteiger partial charge in [-0.3, -0.25) is 0 Å². The number of aromatic nitrogens is 3. The number of nitrogens with one attached hydrogen (secondary N) is 1. The van der Waals surface area contributed by atoms with Gasteiger partial charge in [0.05, 0.1) is 7.11 Å². The number of fused-ring (bicyclic) bond motifs is 1. The number of methoxy groups -OCH3 is 1. The molecule has 1 N–H and O–H groups in total. The molecule has 0 amide bonds. The SMILES string of the molecule is COc1nc(Cl)nc2c(S(=O)(=O)Cl)c[nH]c12. The van der Waals surface area contributed by atoms with E-state index in [0.717, 1.165) is 0 Å². The van der Waals surface area contributed by atoms with Gasteiger partial charge in [0.1, 0.15) is 15.9 Å². The number of rotatable bonds is 2. The fourth-order valence-electron chi connectivity index (χ4n) is 1.26.